The van der Waals surface area contributed by atoms with Crippen LogP contribution >= 0.6 is 0 Å². The fourth-order valence-electron chi connectivity index (χ4n) is 4.72. The molecule has 0 aromatic heterocycles. The van der Waals surface area contributed by atoms with Crippen LogP contribution in [0.1, 0.15) is 24.8 Å². The topological polar surface area (TPSA) is 9.23 Å². The van der Waals surface area contributed by atoms with Crippen molar-refractivity contribution in [2.24, 2.45) is 17.8 Å². The van der Waals surface area contributed by atoms with E-state index in [-0.39, 0.29) is 0 Å². The van der Waals surface area contributed by atoms with Crippen molar-refractivity contribution in [1.29, 1.82) is 0 Å². The smallest absolute Gasteiger partial charge is 0.241 e. The van der Waals surface area contributed by atoms with Gasteiger partial charge in [0.2, 0.25) is 8.32 Å². The minimum absolute atomic E-state index is 0.425. The molecule has 4 aliphatic rings. The molecule has 2 saturated carbocycles. The van der Waals surface area contributed by atoms with Crippen LogP contribution in [-0.2, 0) is 9.84 Å². The van der Waals surface area contributed by atoms with Crippen LogP contribution in [0.4, 0.5) is 0 Å². The van der Waals surface area contributed by atoms with Gasteiger partial charge in [-0.1, -0.05) is 30.3 Å². The minimum atomic E-state index is -1.50. The number of hydrogen-bond donors (Lipinski definition) is 0. The molecule has 0 spiro atoms. The lowest BCUT2D eigenvalue weighted by molar-refractivity contribution is 0.187. The first kappa shape index (κ1) is 12.7. The highest BCUT2D eigenvalue weighted by Gasteiger charge is 2.67. The molecule has 0 amide bonds. The zero-order valence-corrected chi connectivity index (χ0v) is 13.7. The lowest BCUT2D eigenvalue weighted by atomic mass is 9.65. The van der Waals surface area contributed by atoms with E-state index < -0.39 is 8.32 Å². The SMILES string of the molecule is C[Si](C)(C)OC1=C[C@H]2CC[C@@H]1[C@@]1(c3ccccc3)CC21. The Morgan fingerprint density at radius 3 is 2.55 bits per heavy atom. The van der Waals surface area contributed by atoms with Gasteiger partial charge in [0.1, 0.15) is 0 Å². The molecule has 0 aliphatic heterocycles. The molecule has 1 nitrogen and oxygen atoms in total. The van der Waals surface area contributed by atoms with Crippen LogP contribution in [0.3, 0.4) is 0 Å². The van der Waals surface area contributed by atoms with Crippen molar-refractivity contribution >= 4 is 8.32 Å². The third-order valence-electron chi connectivity index (χ3n) is 5.44. The number of rotatable bonds is 3. The van der Waals surface area contributed by atoms with E-state index in [1.54, 1.807) is 5.56 Å². The van der Waals surface area contributed by atoms with Gasteiger partial charge >= 0.3 is 0 Å². The minimum Gasteiger partial charge on any atom is -0.547 e. The monoisotopic (exact) mass is 284 g/mol. The van der Waals surface area contributed by atoms with Gasteiger partial charge in [0.25, 0.3) is 0 Å². The Morgan fingerprint density at radius 1 is 1.10 bits per heavy atom. The molecule has 2 heteroatoms. The molecule has 1 aromatic rings. The third kappa shape index (κ3) is 1.74. The summed E-state index contributed by atoms with van der Waals surface area (Å²) in [6.07, 6.45) is 6.57. The lowest BCUT2D eigenvalue weighted by Gasteiger charge is -2.43. The van der Waals surface area contributed by atoms with E-state index in [1.165, 1.54) is 25.0 Å². The average Bonchev–Trinajstić information content (AvgIpc) is 3.17. The van der Waals surface area contributed by atoms with Crippen molar-refractivity contribution in [3.63, 3.8) is 0 Å². The second-order valence-electron chi connectivity index (χ2n) is 7.79. The molecule has 4 aliphatic carbocycles. The average molecular weight is 284 g/mol. The first-order valence-corrected chi connectivity index (χ1v) is 11.4. The quantitative estimate of drug-likeness (QED) is 0.730. The van der Waals surface area contributed by atoms with Crippen LogP contribution in [0.25, 0.3) is 0 Å². The summed E-state index contributed by atoms with van der Waals surface area (Å²) in [6, 6.07) is 11.2. The van der Waals surface area contributed by atoms with Gasteiger partial charge in [0.05, 0.1) is 5.76 Å². The highest BCUT2D eigenvalue weighted by Crippen LogP contribution is 2.71. The molecular formula is C18H24OSi. The third-order valence-corrected chi connectivity index (χ3v) is 6.29. The molecule has 4 atom stereocenters. The van der Waals surface area contributed by atoms with E-state index in [9.17, 15) is 0 Å². The van der Waals surface area contributed by atoms with Crippen LogP contribution in [0.5, 0.6) is 0 Å². The molecule has 2 bridgehead atoms. The fraction of sp³-hybridized carbons (Fsp3) is 0.556. The van der Waals surface area contributed by atoms with Crippen molar-refractivity contribution in [3.05, 3.63) is 47.7 Å². The summed E-state index contributed by atoms with van der Waals surface area (Å²) in [7, 11) is -1.50. The second-order valence-corrected chi connectivity index (χ2v) is 12.2. The van der Waals surface area contributed by atoms with Gasteiger partial charge in [0, 0.05) is 11.3 Å². The van der Waals surface area contributed by atoms with E-state index >= 15 is 0 Å². The summed E-state index contributed by atoms with van der Waals surface area (Å²) in [5.41, 5.74) is 1.98. The van der Waals surface area contributed by atoms with Gasteiger partial charge in [0.15, 0.2) is 0 Å². The van der Waals surface area contributed by atoms with E-state index in [0.717, 1.165) is 11.8 Å². The lowest BCUT2D eigenvalue weighted by Crippen LogP contribution is -2.39. The molecule has 0 saturated heterocycles. The molecular weight excluding hydrogens is 260 g/mol. The molecule has 0 N–H and O–H groups in total. The van der Waals surface area contributed by atoms with Gasteiger partial charge < -0.3 is 4.43 Å². The molecule has 2 fully saturated rings. The normalized spacial score (nSPS) is 38.1. The van der Waals surface area contributed by atoms with E-state index in [0.29, 0.717) is 11.3 Å². The van der Waals surface area contributed by atoms with Crippen LogP contribution in [0.2, 0.25) is 19.6 Å². The zero-order valence-electron chi connectivity index (χ0n) is 12.7. The predicted molar refractivity (Wildman–Crippen MR) is 85.0 cm³/mol. The standard InChI is InChI=1S/C18H24OSi/c1-20(2,3)19-17-11-13-9-10-15(17)18(12-16(13)18)14-7-5-4-6-8-14/h4-8,11,13,15-16H,9-10,12H2,1-3H3/t13-,15+,16?,18+/m1/s1. The number of benzene rings is 1. The maximum absolute atomic E-state index is 6.46. The molecule has 106 valence electrons. The predicted octanol–water partition coefficient (Wildman–Crippen LogP) is 4.72. The van der Waals surface area contributed by atoms with Gasteiger partial charge in [-0.15, -0.1) is 0 Å². The molecule has 5 rings (SSSR count). The Hall–Kier alpha value is -1.02. The highest BCUT2D eigenvalue weighted by molar-refractivity contribution is 6.70. The van der Waals surface area contributed by atoms with E-state index in [1.807, 2.05) is 0 Å². The molecule has 20 heavy (non-hydrogen) atoms. The van der Waals surface area contributed by atoms with Crippen molar-refractivity contribution in [1.82, 2.24) is 0 Å². The molecule has 0 heterocycles. The summed E-state index contributed by atoms with van der Waals surface area (Å²) < 4.78 is 6.46. The van der Waals surface area contributed by atoms with Crippen molar-refractivity contribution in [2.45, 2.75) is 44.3 Å². The van der Waals surface area contributed by atoms with Gasteiger partial charge in [-0.3, -0.25) is 0 Å². The molecule has 1 aromatic carbocycles. The maximum atomic E-state index is 6.46. The number of fused-ring (bicyclic) bond motifs is 1. The Labute approximate surface area is 123 Å². The first-order valence-electron chi connectivity index (χ1n) is 7.97. The summed E-state index contributed by atoms with van der Waals surface area (Å²) in [4.78, 5) is 0. The summed E-state index contributed by atoms with van der Waals surface area (Å²) in [6.45, 7) is 6.90. The first-order chi connectivity index (χ1) is 9.51. The van der Waals surface area contributed by atoms with E-state index in [2.05, 4.69) is 56.0 Å². The van der Waals surface area contributed by atoms with Gasteiger partial charge in [-0.25, -0.2) is 0 Å². The van der Waals surface area contributed by atoms with Crippen molar-refractivity contribution < 1.29 is 4.43 Å². The summed E-state index contributed by atoms with van der Waals surface area (Å²) in [5, 5.41) is 0. The van der Waals surface area contributed by atoms with Gasteiger partial charge in [-0.05, 0) is 62.4 Å². The van der Waals surface area contributed by atoms with E-state index in [4.69, 9.17) is 4.43 Å². The van der Waals surface area contributed by atoms with Crippen molar-refractivity contribution in [3.8, 4) is 0 Å². The Kier molecular flexibility index (Phi) is 2.54. The second kappa shape index (κ2) is 4.00. The van der Waals surface area contributed by atoms with Gasteiger partial charge in [-0.2, -0.15) is 0 Å². The largest absolute Gasteiger partial charge is 0.547 e. The fourth-order valence-corrected chi connectivity index (χ4v) is 5.64. The van der Waals surface area contributed by atoms with Crippen LogP contribution in [-0.4, -0.2) is 8.32 Å². The number of hydrogen-bond acceptors (Lipinski definition) is 1. The Morgan fingerprint density at radius 2 is 1.85 bits per heavy atom. The zero-order chi connectivity index (χ0) is 14.0. The summed E-state index contributed by atoms with van der Waals surface area (Å²) >= 11 is 0. The highest BCUT2D eigenvalue weighted by atomic mass is 28.4. The van der Waals surface area contributed by atoms with Crippen LogP contribution in [0.15, 0.2) is 42.2 Å². The summed E-state index contributed by atoms with van der Waals surface area (Å²) in [5.74, 6) is 3.65. The Bertz CT molecular complexity index is 557. The molecule has 0 radical (unpaired) electrons. The number of allylic oxidation sites excluding steroid dienone is 2. The maximum Gasteiger partial charge on any atom is 0.241 e. The Balaban J connectivity index is 1.72. The van der Waals surface area contributed by atoms with Crippen LogP contribution in [0, 0.1) is 17.8 Å². The molecule has 1 unspecified atom stereocenters. The van der Waals surface area contributed by atoms with Crippen LogP contribution < -0.4 is 0 Å². The van der Waals surface area contributed by atoms with Crippen molar-refractivity contribution in [2.75, 3.05) is 0 Å².